The highest BCUT2D eigenvalue weighted by molar-refractivity contribution is 8.01. The summed E-state index contributed by atoms with van der Waals surface area (Å²) in [6, 6.07) is 21.9. The van der Waals surface area contributed by atoms with Crippen LogP contribution in [0.5, 0.6) is 5.75 Å². The Bertz CT molecular complexity index is 1270. The monoisotopic (exact) mass is 403 g/mol. The van der Waals surface area contributed by atoms with E-state index in [1.807, 2.05) is 55.5 Å². The molecule has 4 aromatic rings. The van der Waals surface area contributed by atoms with Gasteiger partial charge >= 0.3 is 0 Å². The Balaban J connectivity index is 1.71. The van der Waals surface area contributed by atoms with E-state index in [-0.39, 0.29) is 5.75 Å². The van der Waals surface area contributed by atoms with Gasteiger partial charge in [0.15, 0.2) is 0 Å². The summed E-state index contributed by atoms with van der Waals surface area (Å²) in [5.74, 6) is 4.08. The van der Waals surface area contributed by atoms with Gasteiger partial charge in [0.2, 0.25) is 0 Å². The lowest BCUT2D eigenvalue weighted by Gasteiger charge is -2.15. The summed E-state index contributed by atoms with van der Waals surface area (Å²) in [7, 11) is -2.69. The molecule has 0 aliphatic carbocycles. The van der Waals surface area contributed by atoms with Gasteiger partial charge in [-0.2, -0.15) is 0 Å². The van der Waals surface area contributed by atoms with Crippen LogP contribution in [0.25, 0.3) is 10.9 Å². The normalized spacial score (nSPS) is 13.0. The molecule has 1 heterocycles. The van der Waals surface area contributed by atoms with Crippen LogP contribution in [0.3, 0.4) is 0 Å². The van der Waals surface area contributed by atoms with Gasteiger partial charge in [-0.25, -0.2) is 4.21 Å². The third-order valence-corrected chi connectivity index (χ3v) is 6.09. The van der Waals surface area contributed by atoms with Gasteiger partial charge in [0.05, 0.1) is 15.2 Å². The fraction of sp³-hybridized carbons (Fsp3) is 0.0435. The van der Waals surface area contributed by atoms with Crippen molar-refractivity contribution in [1.29, 1.82) is 0 Å². The third kappa shape index (κ3) is 4.17. The van der Waals surface area contributed by atoms with Gasteiger partial charge < -0.3 is 15.1 Å². The highest BCUT2D eigenvalue weighted by Gasteiger charge is 2.10. The minimum atomic E-state index is -2.69. The van der Waals surface area contributed by atoms with Crippen molar-refractivity contribution in [3.63, 3.8) is 0 Å². The maximum atomic E-state index is 13.1. The number of hydrogen-bond donors (Lipinski definition) is 3. The molecule has 146 valence electrons. The quantitative estimate of drug-likeness (QED) is 0.406. The smallest absolute Gasteiger partial charge is 0.117 e. The first kappa shape index (κ1) is 18.8. The molecule has 1 aromatic heterocycles. The molecule has 3 N–H and O–H groups in total. The van der Waals surface area contributed by atoms with Crippen LogP contribution in [-0.2, 0) is 9.71 Å². The summed E-state index contributed by atoms with van der Waals surface area (Å²) in [5, 5.41) is 14.1. The first-order valence-electron chi connectivity index (χ1n) is 9.07. The number of hydrogen-bond acceptors (Lipinski definition) is 4. The van der Waals surface area contributed by atoms with Gasteiger partial charge in [0, 0.05) is 39.6 Å². The largest absolute Gasteiger partial charge is 0.508 e. The van der Waals surface area contributed by atoms with Crippen LogP contribution in [0.4, 0.5) is 17.1 Å². The average molecular weight is 404 g/mol. The van der Waals surface area contributed by atoms with Crippen molar-refractivity contribution in [3.8, 4) is 5.75 Å². The Kier molecular flexibility index (Phi) is 4.86. The Hall–Kier alpha value is -3.51. The van der Waals surface area contributed by atoms with E-state index in [0.717, 1.165) is 27.8 Å². The maximum Gasteiger partial charge on any atom is 0.117 e. The van der Waals surface area contributed by atoms with E-state index >= 15 is 0 Å². The zero-order valence-corrected chi connectivity index (χ0v) is 16.7. The topological polar surface area (TPSA) is 74.2 Å². The van der Waals surface area contributed by atoms with Crippen molar-refractivity contribution in [2.24, 2.45) is 0 Å². The molecule has 0 saturated carbocycles. The molecule has 0 spiro atoms. The minimum Gasteiger partial charge on any atom is -0.508 e. The fourth-order valence-corrected chi connectivity index (χ4v) is 4.42. The van der Waals surface area contributed by atoms with E-state index in [0.29, 0.717) is 10.6 Å². The fourth-order valence-electron chi connectivity index (χ4n) is 3.20. The molecule has 1 atom stereocenters. The molecular weight excluding hydrogens is 382 g/mol. The number of phenolic OH excluding ortho intramolecular Hbond substituents is 1. The van der Waals surface area contributed by atoms with Crippen LogP contribution in [0.15, 0.2) is 83.9 Å². The molecule has 3 aromatic carbocycles. The first-order chi connectivity index (χ1) is 13.9. The second kappa shape index (κ2) is 7.48. The van der Waals surface area contributed by atoms with Crippen molar-refractivity contribution >= 4 is 43.5 Å². The Morgan fingerprint density at radius 1 is 0.966 bits per heavy atom. The number of phenols is 1. The minimum absolute atomic E-state index is 0.202. The van der Waals surface area contributed by atoms with Crippen molar-refractivity contribution < 1.29 is 9.32 Å². The average Bonchev–Trinajstić information content (AvgIpc) is 2.68. The van der Waals surface area contributed by atoms with Crippen molar-refractivity contribution in [2.45, 2.75) is 11.8 Å². The van der Waals surface area contributed by atoms with Crippen LogP contribution < -0.4 is 10.0 Å². The van der Waals surface area contributed by atoms with E-state index in [1.54, 1.807) is 30.5 Å². The van der Waals surface area contributed by atoms with Crippen LogP contribution in [0, 0.1) is 6.92 Å². The van der Waals surface area contributed by atoms with E-state index in [4.69, 9.17) is 0 Å². The van der Waals surface area contributed by atoms with Crippen molar-refractivity contribution in [3.05, 3.63) is 84.6 Å². The van der Waals surface area contributed by atoms with E-state index in [2.05, 4.69) is 20.9 Å². The number of aromatic hydroxyl groups is 1. The lowest BCUT2D eigenvalue weighted by atomic mass is 10.1. The number of nitrogens with zero attached hydrogens (tertiary/aromatic N) is 1. The molecule has 5 nitrogen and oxygen atoms in total. The van der Waals surface area contributed by atoms with Gasteiger partial charge in [-0.05, 0) is 66.9 Å². The van der Waals surface area contributed by atoms with Gasteiger partial charge in [0.1, 0.15) is 5.75 Å². The van der Waals surface area contributed by atoms with Gasteiger partial charge in [0.25, 0.3) is 0 Å². The van der Waals surface area contributed by atoms with Crippen LogP contribution in [0.1, 0.15) is 5.56 Å². The SMILES string of the molecule is C=S(=O)(Nc1ccc2nccc(Nc3cc(C)cc(O)c3)c2c1)c1ccccc1. The third-order valence-electron chi connectivity index (χ3n) is 4.49. The summed E-state index contributed by atoms with van der Waals surface area (Å²) >= 11 is 0. The van der Waals surface area contributed by atoms with Crippen LogP contribution in [-0.4, -0.2) is 20.2 Å². The molecule has 0 bridgehead atoms. The lowest BCUT2D eigenvalue weighted by Crippen LogP contribution is -2.12. The van der Waals surface area contributed by atoms with E-state index in [9.17, 15) is 9.32 Å². The molecular formula is C23H21N3O2S. The number of anilines is 3. The first-order valence-corrected chi connectivity index (χ1v) is 10.8. The zero-order chi connectivity index (χ0) is 20.4. The Morgan fingerprint density at radius 3 is 2.52 bits per heavy atom. The van der Waals surface area contributed by atoms with Crippen molar-refractivity contribution in [2.75, 3.05) is 10.0 Å². The molecule has 4 rings (SSSR count). The van der Waals surface area contributed by atoms with Gasteiger partial charge in [-0.1, -0.05) is 18.2 Å². The standard InChI is InChI=1S/C23H21N3O2S/c1-16-12-18(14-19(27)13-16)25-23-10-11-24-22-9-8-17(15-21(22)23)26-29(2,28)20-6-4-3-5-7-20/h3-15,27H,2H2,1H3,(H,24,25)(H,26,28). The molecule has 0 fully saturated rings. The summed E-state index contributed by atoms with van der Waals surface area (Å²) in [6.07, 6.45) is 1.72. The summed E-state index contributed by atoms with van der Waals surface area (Å²) in [4.78, 5) is 5.05. The Labute approximate surface area is 170 Å². The zero-order valence-electron chi connectivity index (χ0n) is 15.9. The second-order valence-electron chi connectivity index (χ2n) is 6.86. The predicted molar refractivity (Wildman–Crippen MR) is 121 cm³/mol. The lowest BCUT2D eigenvalue weighted by molar-refractivity contribution is 0.475. The summed E-state index contributed by atoms with van der Waals surface area (Å²) in [5.41, 5.74) is 4.04. The number of aryl methyl sites for hydroxylation is 1. The number of benzene rings is 3. The van der Waals surface area contributed by atoms with Gasteiger partial charge in [-0.3, -0.25) is 4.98 Å². The van der Waals surface area contributed by atoms with Crippen molar-refractivity contribution in [1.82, 2.24) is 4.98 Å². The maximum absolute atomic E-state index is 13.1. The highest BCUT2D eigenvalue weighted by atomic mass is 32.2. The molecule has 1 unspecified atom stereocenters. The Morgan fingerprint density at radius 2 is 1.76 bits per heavy atom. The molecule has 0 aliphatic heterocycles. The molecule has 0 radical (unpaired) electrons. The van der Waals surface area contributed by atoms with Gasteiger partial charge in [-0.15, -0.1) is 0 Å². The highest BCUT2D eigenvalue weighted by Crippen LogP contribution is 2.30. The number of nitrogens with one attached hydrogen (secondary N) is 2. The number of fused-ring (bicyclic) bond motifs is 1. The molecule has 0 saturated heterocycles. The number of aromatic nitrogens is 1. The number of rotatable bonds is 5. The molecule has 0 amide bonds. The van der Waals surface area contributed by atoms with E-state index < -0.39 is 9.71 Å². The summed E-state index contributed by atoms with van der Waals surface area (Å²) in [6.45, 7) is 1.92. The second-order valence-corrected chi connectivity index (χ2v) is 8.89. The van der Waals surface area contributed by atoms with Crippen LogP contribution in [0.2, 0.25) is 0 Å². The molecule has 29 heavy (non-hydrogen) atoms. The van der Waals surface area contributed by atoms with E-state index in [1.165, 1.54) is 0 Å². The number of pyridine rings is 1. The molecule has 6 heteroatoms. The van der Waals surface area contributed by atoms with Crippen LogP contribution >= 0.6 is 0 Å². The predicted octanol–water partition coefficient (Wildman–Crippen LogP) is 5.09. The molecule has 0 aliphatic rings. The summed E-state index contributed by atoms with van der Waals surface area (Å²) < 4.78 is 16.1.